The Morgan fingerprint density at radius 2 is 1.72 bits per heavy atom. The first-order valence-corrected chi connectivity index (χ1v) is 7.69. The third kappa shape index (κ3) is 4.11. The number of aromatic nitrogens is 3. The first kappa shape index (κ1) is 16.9. The van der Waals surface area contributed by atoms with Crippen LogP contribution in [-0.2, 0) is 0 Å². The minimum absolute atomic E-state index is 0.000601. The third-order valence-corrected chi connectivity index (χ3v) is 3.52. The van der Waals surface area contributed by atoms with Gasteiger partial charge in [0.05, 0.1) is 9.95 Å². The van der Waals surface area contributed by atoms with Crippen molar-refractivity contribution in [1.82, 2.24) is 15.0 Å². The summed E-state index contributed by atoms with van der Waals surface area (Å²) in [6.45, 7) is 0. The van der Waals surface area contributed by atoms with E-state index in [1.807, 2.05) is 0 Å². The van der Waals surface area contributed by atoms with Gasteiger partial charge in [-0.05, 0) is 30.3 Å². The van der Waals surface area contributed by atoms with Gasteiger partial charge in [0.15, 0.2) is 0 Å². The second-order valence-electron chi connectivity index (χ2n) is 4.80. The maximum absolute atomic E-state index is 11.5. The number of nitrogens with one attached hydrogen (secondary N) is 2. The molecule has 2 heterocycles. The van der Waals surface area contributed by atoms with Crippen molar-refractivity contribution < 1.29 is 4.92 Å². The molecular formula is C15H10Cl2N6O2. The molecule has 2 N–H and O–H groups in total. The molecule has 2 aromatic heterocycles. The van der Waals surface area contributed by atoms with E-state index in [4.69, 9.17) is 23.2 Å². The zero-order chi connectivity index (χ0) is 17.8. The van der Waals surface area contributed by atoms with Crippen LogP contribution in [0.2, 0.25) is 10.0 Å². The molecule has 0 amide bonds. The maximum atomic E-state index is 11.5. The topological polar surface area (TPSA) is 106 Å². The van der Waals surface area contributed by atoms with Gasteiger partial charge in [0.1, 0.15) is 12.1 Å². The van der Waals surface area contributed by atoms with Crippen LogP contribution in [-0.4, -0.2) is 19.9 Å². The van der Waals surface area contributed by atoms with Crippen molar-refractivity contribution in [2.24, 2.45) is 0 Å². The lowest BCUT2D eigenvalue weighted by Crippen LogP contribution is -2.06. The fourth-order valence-electron chi connectivity index (χ4n) is 2.01. The highest BCUT2D eigenvalue weighted by atomic mass is 35.5. The van der Waals surface area contributed by atoms with Crippen LogP contribution < -0.4 is 10.6 Å². The Balaban J connectivity index is 1.96. The summed E-state index contributed by atoms with van der Waals surface area (Å²) in [5.41, 5.74) is 0.240. The van der Waals surface area contributed by atoms with Crippen molar-refractivity contribution in [3.63, 3.8) is 0 Å². The molecule has 126 valence electrons. The third-order valence-electron chi connectivity index (χ3n) is 3.07. The summed E-state index contributed by atoms with van der Waals surface area (Å²) in [6, 6.07) is 9.94. The molecule has 0 aliphatic rings. The molecule has 1 aromatic carbocycles. The Morgan fingerprint density at radius 1 is 0.960 bits per heavy atom. The molecule has 0 spiro atoms. The summed E-state index contributed by atoms with van der Waals surface area (Å²) in [4.78, 5) is 22.9. The van der Waals surface area contributed by atoms with E-state index < -0.39 is 4.92 Å². The highest BCUT2D eigenvalue weighted by Gasteiger charge is 2.23. The first-order chi connectivity index (χ1) is 12.0. The zero-order valence-corrected chi connectivity index (χ0v) is 14.0. The van der Waals surface area contributed by atoms with Crippen molar-refractivity contribution in [2.75, 3.05) is 10.6 Å². The maximum Gasteiger partial charge on any atom is 0.353 e. The lowest BCUT2D eigenvalue weighted by Gasteiger charge is -2.10. The smallest absolute Gasteiger partial charge is 0.334 e. The van der Waals surface area contributed by atoms with Crippen molar-refractivity contribution >= 4 is 52.0 Å². The molecule has 0 bridgehead atoms. The average molecular weight is 377 g/mol. The van der Waals surface area contributed by atoms with Crippen LogP contribution in [0.4, 0.5) is 28.8 Å². The Kier molecular flexibility index (Phi) is 4.92. The normalized spacial score (nSPS) is 10.3. The fraction of sp³-hybridized carbons (Fsp3) is 0. The highest BCUT2D eigenvalue weighted by Crippen LogP contribution is 2.33. The molecule has 0 aliphatic heterocycles. The summed E-state index contributed by atoms with van der Waals surface area (Å²) in [6.07, 6.45) is 2.63. The molecule has 0 fully saturated rings. The van der Waals surface area contributed by atoms with Crippen molar-refractivity contribution in [1.29, 1.82) is 0 Å². The number of benzene rings is 1. The number of anilines is 4. The number of hydrogen-bond donors (Lipinski definition) is 2. The van der Waals surface area contributed by atoms with Gasteiger partial charge in [-0.2, -0.15) is 0 Å². The Bertz CT molecular complexity index is 920. The molecule has 0 radical (unpaired) electrons. The highest BCUT2D eigenvalue weighted by molar-refractivity contribution is 6.31. The molecule has 25 heavy (non-hydrogen) atoms. The second-order valence-corrected chi connectivity index (χ2v) is 5.67. The predicted molar refractivity (Wildman–Crippen MR) is 96.0 cm³/mol. The van der Waals surface area contributed by atoms with Crippen LogP contribution in [0.25, 0.3) is 0 Å². The molecule has 0 saturated heterocycles. The molecule has 3 rings (SSSR count). The molecule has 0 saturated carbocycles. The van der Waals surface area contributed by atoms with Gasteiger partial charge in [-0.1, -0.05) is 29.3 Å². The average Bonchev–Trinajstić information content (AvgIpc) is 2.57. The number of halogens is 2. The number of hydrogen-bond acceptors (Lipinski definition) is 7. The Hall–Kier alpha value is -2.97. The van der Waals surface area contributed by atoms with E-state index in [0.29, 0.717) is 21.6 Å². The zero-order valence-electron chi connectivity index (χ0n) is 12.5. The van der Waals surface area contributed by atoms with Gasteiger partial charge in [0, 0.05) is 16.9 Å². The first-order valence-electron chi connectivity index (χ1n) is 6.93. The molecular weight excluding hydrogens is 367 g/mol. The Labute approximate surface area is 152 Å². The van der Waals surface area contributed by atoms with Crippen LogP contribution in [0, 0.1) is 10.1 Å². The SMILES string of the molecule is O=[N+]([O-])c1c(Nc2cccc(Cl)c2)ncnc1Nc1ccc(Cl)cn1. The summed E-state index contributed by atoms with van der Waals surface area (Å²) in [7, 11) is 0. The van der Waals surface area contributed by atoms with Gasteiger partial charge in [0.2, 0.25) is 11.6 Å². The summed E-state index contributed by atoms with van der Waals surface area (Å²) >= 11 is 11.7. The van der Waals surface area contributed by atoms with Gasteiger partial charge in [-0.25, -0.2) is 15.0 Å². The van der Waals surface area contributed by atoms with E-state index in [2.05, 4.69) is 25.6 Å². The number of nitro groups is 1. The quantitative estimate of drug-likeness (QED) is 0.495. The van der Waals surface area contributed by atoms with E-state index in [1.54, 1.807) is 36.4 Å². The molecule has 8 nitrogen and oxygen atoms in total. The number of nitrogens with zero attached hydrogens (tertiary/aromatic N) is 4. The second kappa shape index (κ2) is 7.29. The van der Waals surface area contributed by atoms with Crippen molar-refractivity contribution in [3.8, 4) is 0 Å². The molecule has 0 unspecified atom stereocenters. The van der Waals surface area contributed by atoms with Crippen LogP contribution in [0.5, 0.6) is 0 Å². The fourth-order valence-corrected chi connectivity index (χ4v) is 2.31. The van der Waals surface area contributed by atoms with E-state index in [9.17, 15) is 10.1 Å². The van der Waals surface area contributed by atoms with E-state index >= 15 is 0 Å². The molecule has 0 atom stereocenters. The van der Waals surface area contributed by atoms with Crippen LogP contribution in [0.15, 0.2) is 48.9 Å². The van der Waals surface area contributed by atoms with Crippen LogP contribution >= 0.6 is 23.2 Å². The summed E-state index contributed by atoms with van der Waals surface area (Å²) in [5.74, 6) is 0.387. The summed E-state index contributed by atoms with van der Waals surface area (Å²) < 4.78 is 0. The number of pyridine rings is 1. The van der Waals surface area contributed by atoms with Gasteiger partial charge in [-0.3, -0.25) is 10.1 Å². The molecule has 10 heteroatoms. The minimum Gasteiger partial charge on any atom is -0.334 e. The van der Waals surface area contributed by atoms with Gasteiger partial charge in [0.25, 0.3) is 0 Å². The molecule has 0 aliphatic carbocycles. The lowest BCUT2D eigenvalue weighted by molar-refractivity contribution is -0.383. The van der Waals surface area contributed by atoms with E-state index in [1.165, 1.54) is 12.5 Å². The van der Waals surface area contributed by atoms with E-state index in [0.717, 1.165) is 0 Å². The largest absolute Gasteiger partial charge is 0.353 e. The standard InChI is InChI=1S/C15H10Cl2N6O2/c16-9-2-1-3-11(6-9)21-14-13(23(24)25)15(20-8-19-14)22-12-5-4-10(17)7-18-12/h1-8H,(H2,18,19,20,21,22). The predicted octanol–water partition coefficient (Wildman–Crippen LogP) is 4.57. The van der Waals surface area contributed by atoms with Gasteiger partial charge in [-0.15, -0.1) is 0 Å². The lowest BCUT2D eigenvalue weighted by atomic mass is 10.3. The summed E-state index contributed by atoms with van der Waals surface area (Å²) in [5, 5.41) is 18.1. The monoisotopic (exact) mass is 376 g/mol. The Morgan fingerprint density at radius 3 is 2.36 bits per heavy atom. The van der Waals surface area contributed by atoms with Gasteiger partial charge >= 0.3 is 5.69 Å². The van der Waals surface area contributed by atoms with Crippen LogP contribution in [0.3, 0.4) is 0 Å². The van der Waals surface area contributed by atoms with Crippen LogP contribution in [0.1, 0.15) is 0 Å². The molecule has 3 aromatic rings. The minimum atomic E-state index is -0.578. The number of rotatable bonds is 5. The van der Waals surface area contributed by atoms with Crippen molar-refractivity contribution in [3.05, 3.63) is 69.1 Å². The van der Waals surface area contributed by atoms with E-state index in [-0.39, 0.29) is 17.3 Å². The van der Waals surface area contributed by atoms with Crippen molar-refractivity contribution in [2.45, 2.75) is 0 Å². The van der Waals surface area contributed by atoms with Gasteiger partial charge < -0.3 is 10.6 Å².